The maximum Gasteiger partial charge on any atom is 0.265 e. The molecule has 11 heteroatoms. The van der Waals surface area contributed by atoms with Crippen LogP contribution in [0.1, 0.15) is 39.2 Å². The van der Waals surface area contributed by atoms with Gasteiger partial charge in [0.2, 0.25) is 5.91 Å². The van der Waals surface area contributed by atoms with Crippen molar-refractivity contribution in [3.63, 3.8) is 0 Å². The zero-order valence-electron chi connectivity index (χ0n) is 16.1. The van der Waals surface area contributed by atoms with Crippen LogP contribution in [0.15, 0.2) is 23.6 Å². The van der Waals surface area contributed by atoms with Crippen LogP contribution in [-0.2, 0) is 14.6 Å². The number of hydrogen-bond acceptors (Lipinski definition) is 8. The number of thiophene rings is 1. The first-order chi connectivity index (χ1) is 14.2. The number of fused-ring (bicyclic) bond motifs is 2. The van der Waals surface area contributed by atoms with E-state index in [4.69, 9.17) is 9.47 Å². The van der Waals surface area contributed by atoms with Crippen molar-refractivity contribution < 1.29 is 32.3 Å². The van der Waals surface area contributed by atoms with Crippen molar-refractivity contribution in [2.24, 2.45) is 0 Å². The molecule has 1 N–H and O–H groups in total. The highest BCUT2D eigenvalue weighted by Gasteiger charge is 2.44. The second-order valence-electron chi connectivity index (χ2n) is 7.03. The van der Waals surface area contributed by atoms with Crippen LogP contribution in [0, 0.1) is 0 Å². The molecular formula is C19H18N2O7S2. The number of carbonyl (C=O) groups is 3. The highest BCUT2D eigenvalue weighted by Crippen LogP contribution is 2.41. The van der Waals surface area contributed by atoms with E-state index in [2.05, 4.69) is 5.32 Å². The minimum absolute atomic E-state index is 0.0799. The van der Waals surface area contributed by atoms with Gasteiger partial charge in [-0.1, -0.05) is 6.07 Å². The lowest BCUT2D eigenvalue weighted by atomic mass is 10.1. The van der Waals surface area contributed by atoms with E-state index in [1.165, 1.54) is 12.3 Å². The van der Waals surface area contributed by atoms with Crippen LogP contribution >= 0.6 is 11.3 Å². The van der Waals surface area contributed by atoms with Gasteiger partial charge in [0.1, 0.15) is 28.1 Å². The molecular weight excluding hydrogens is 432 g/mol. The maximum atomic E-state index is 13.2. The zero-order chi connectivity index (χ0) is 21.6. The molecule has 1 aromatic carbocycles. The summed E-state index contributed by atoms with van der Waals surface area (Å²) in [6.45, 7) is 2.03. The number of ether oxygens (including phenoxy) is 2. The average molecular weight is 450 g/mol. The van der Waals surface area contributed by atoms with Crippen molar-refractivity contribution in [3.8, 4) is 11.5 Å². The Labute approximate surface area is 176 Å². The van der Waals surface area contributed by atoms with Gasteiger partial charge in [0, 0.05) is 18.6 Å². The molecule has 0 aliphatic carbocycles. The molecule has 4 rings (SSSR count). The van der Waals surface area contributed by atoms with Gasteiger partial charge in [0.05, 0.1) is 22.9 Å². The summed E-state index contributed by atoms with van der Waals surface area (Å²) in [4.78, 5) is 38.6. The molecule has 3 amide bonds. The van der Waals surface area contributed by atoms with Gasteiger partial charge in [-0.05, 0) is 17.7 Å². The number of amides is 3. The third kappa shape index (κ3) is 3.65. The van der Waals surface area contributed by atoms with E-state index in [0.29, 0.717) is 30.3 Å². The molecule has 30 heavy (non-hydrogen) atoms. The molecule has 0 fully saturated rings. The van der Waals surface area contributed by atoms with Gasteiger partial charge in [0.25, 0.3) is 11.8 Å². The summed E-state index contributed by atoms with van der Waals surface area (Å²) in [7, 11) is -3.56. The summed E-state index contributed by atoms with van der Waals surface area (Å²) in [5.41, 5.74) is 0.655. The first-order valence-corrected chi connectivity index (χ1v) is 11.9. The highest BCUT2D eigenvalue weighted by molar-refractivity contribution is 7.90. The van der Waals surface area contributed by atoms with E-state index in [1.807, 2.05) is 0 Å². The largest absolute Gasteiger partial charge is 0.486 e. The second-order valence-corrected chi connectivity index (χ2v) is 10.1. The number of benzene rings is 1. The van der Waals surface area contributed by atoms with Crippen LogP contribution in [-0.4, -0.2) is 56.3 Å². The lowest BCUT2D eigenvalue weighted by molar-refractivity contribution is -0.114. The highest BCUT2D eigenvalue weighted by atomic mass is 32.2. The summed E-state index contributed by atoms with van der Waals surface area (Å²) in [5.74, 6) is -1.15. The quantitative estimate of drug-likeness (QED) is 0.691. The van der Waals surface area contributed by atoms with Gasteiger partial charge in [-0.25, -0.2) is 8.42 Å². The summed E-state index contributed by atoms with van der Waals surface area (Å²) in [5, 5.41) is 4.30. The van der Waals surface area contributed by atoms with Gasteiger partial charge in [0.15, 0.2) is 11.5 Å². The van der Waals surface area contributed by atoms with Crippen molar-refractivity contribution >= 4 is 43.9 Å². The van der Waals surface area contributed by atoms with Gasteiger partial charge in [-0.15, -0.1) is 11.3 Å². The molecule has 1 aromatic heterocycles. The average Bonchev–Trinajstić information content (AvgIpc) is 3.18. The Morgan fingerprint density at radius 1 is 1.20 bits per heavy atom. The van der Waals surface area contributed by atoms with Crippen LogP contribution in [0.3, 0.4) is 0 Å². The van der Waals surface area contributed by atoms with E-state index in [-0.39, 0.29) is 22.0 Å². The molecule has 158 valence electrons. The summed E-state index contributed by atoms with van der Waals surface area (Å²) < 4.78 is 35.3. The molecule has 0 spiro atoms. The minimum atomic E-state index is -3.56. The summed E-state index contributed by atoms with van der Waals surface area (Å²) in [6.07, 6.45) is 1.04. The van der Waals surface area contributed by atoms with Crippen LogP contribution in [0.25, 0.3) is 0 Å². The second kappa shape index (κ2) is 7.40. The fourth-order valence-corrected chi connectivity index (χ4v) is 5.37. The minimum Gasteiger partial charge on any atom is -0.486 e. The van der Waals surface area contributed by atoms with E-state index in [9.17, 15) is 22.8 Å². The van der Waals surface area contributed by atoms with Gasteiger partial charge in [-0.3, -0.25) is 19.3 Å². The topological polar surface area (TPSA) is 119 Å². The molecule has 0 unspecified atom stereocenters. The predicted octanol–water partition coefficient (Wildman–Crippen LogP) is 1.86. The summed E-state index contributed by atoms with van der Waals surface area (Å²) >= 11 is 1.07. The number of carbonyl (C=O) groups excluding carboxylic acids is 3. The number of imide groups is 1. The van der Waals surface area contributed by atoms with Crippen molar-refractivity contribution in [3.05, 3.63) is 40.3 Å². The molecule has 9 nitrogen and oxygen atoms in total. The first kappa shape index (κ1) is 20.4. The van der Waals surface area contributed by atoms with E-state index in [1.54, 1.807) is 18.2 Å². The normalized spacial score (nSPS) is 16.4. The fraction of sp³-hybridized carbons (Fsp3) is 0.316. The Morgan fingerprint density at radius 2 is 1.90 bits per heavy atom. The number of nitrogens with zero attached hydrogens (tertiary/aromatic N) is 1. The molecule has 0 saturated heterocycles. The monoisotopic (exact) mass is 450 g/mol. The molecule has 0 saturated carbocycles. The lowest BCUT2D eigenvalue weighted by Crippen LogP contribution is -2.38. The third-order valence-corrected chi connectivity index (χ3v) is 6.50. The number of anilines is 1. The Balaban J connectivity index is 1.77. The first-order valence-electron chi connectivity index (χ1n) is 9.00. The molecule has 2 aliphatic rings. The zero-order valence-corrected chi connectivity index (χ0v) is 17.8. The van der Waals surface area contributed by atoms with Crippen LogP contribution in [0.2, 0.25) is 0 Å². The number of sulfone groups is 1. The van der Waals surface area contributed by atoms with Gasteiger partial charge >= 0.3 is 0 Å². The van der Waals surface area contributed by atoms with Crippen molar-refractivity contribution in [1.82, 2.24) is 4.90 Å². The van der Waals surface area contributed by atoms with Crippen LogP contribution in [0.4, 0.5) is 5.00 Å². The third-order valence-electron chi connectivity index (χ3n) is 4.69. The number of hydrogen-bond donors (Lipinski definition) is 1. The fourth-order valence-electron chi connectivity index (χ4n) is 3.48. The molecule has 0 radical (unpaired) electrons. The molecule has 1 atom stereocenters. The van der Waals surface area contributed by atoms with E-state index in [0.717, 1.165) is 22.5 Å². The predicted molar refractivity (Wildman–Crippen MR) is 109 cm³/mol. The summed E-state index contributed by atoms with van der Waals surface area (Å²) in [6, 6.07) is 3.77. The Morgan fingerprint density at radius 3 is 2.57 bits per heavy atom. The van der Waals surface area contributed by atoms with Crippen LogP contribution in [0.5, 0.6) is 11.5 Å². The molecule has 2 aliphatic heterocycles. The van der Waals surface area contributed by atoms with Crippen molar-refractivity contribution in [1.29, 1.82) is 0 Å². The number of rotatable bonds is 5. The van der Waals surface area contributed by atoms with E-state index >= 15 is 0 Å². The number of nitrogens with one attached hydrogen (secondary N) is 1. The SMILES string of the molecule is CC(=O)Nc1scc2c1C(=O)N([C@@H](CS(C)(=O)=O)c1ccc3c(c1)OCCO3)C2=O. The van der Waals surface area contributed by atoms with Crippen LogP contribution < -0.4 is 14.8 Å². The van der Waals surface area contributed by atoms with Crippen molar-refractivity contribution in [2.75, 3.05) is 30.5 Å². The Kier molecular flexibility index (Phi) is 5.02. The van der Waals surface area contributed by atoms with Crippen molar-refractivity contribution in [2.45, 2.75) is 13.0 Å². The van der Waals surface area contributed by atoms with Gasteiger partial charge < -0.3 is 14.8 Å². The standard InChI is InChI=1S/C19H18N2O7S2/c1-10(22)20-17-16-12(8-29-17)18(23)21(19(16)24)13(9-30(2,25)26)11-3-4-14-15(7-11)28-6-5-27-14/h3-4,7-8,13H,5-6,9H2,1-2H3,(H,20,22)/t13-/m0/s1. The maximum absolute atomic E-state index is 13.2. The molecule has 3 heterocycles. The van der Waals surface area contributed by atoms with Gasteiger partial charge in [-0.2, -0.15) is 0 Å². The lowest BCUT2D eigenvalue weighted by Gasteiger charge is -2.27. The smallest absolute Gasteiger partial charge is 0.265 e. The molecule has 0 bridgehead atoms. The Bertz CT molecular complexity index is 1170. The Hall–Kier alpha value is -2.92. The van der Waals surface area contributed by atoms with E-state index < -0.39 is 33.4 Å². The molecule has 2 aromatic rings.